The van der Waals surface area contributed by atoms with Crippen LogP contribution in [-0.2, 0) is 0 Å². The Bertz CT molecular complexity index is 1160. The Morgan fingerprint density at radius 3 is 1.44 bits per heavy atom. The van der Waals surface area contributed by atoms with E-state index in [1.165, 1.54) is 0 Å². The minimum absolute atomic E-state index is 0.00485. The molecule has 0 bridgehead atoms. The lowest BCUT2D eigenvalue weighted by Gasteiger charge is -2.31. The lowest BCUT2D eigenvalue weighted by molar-refractivity contribution is 0.442. The van der Waals surface area contributed by atoms with Gasteiger partial charge in [0.25, 0.3) is 0 Å². The molecule has 2 N–H and O–H groups in total. The van der Waals surface area contributed by atoms with Crippen LogP contribution in [0.3, 0.4) is 0 Å². The van der Waals surface area contributed by atoms with Gasteiger partial charge in [0.2, 0.25) is 0 Å². The standard InChI is InChI=1S/C24H20O3/c1-12-19-13(2)21(25)15-8-4-6-10-17(15)23(19)27-24-18-11-7-5-9-16(18)22(26)14(3)20(12)24/h4-12,25-26H,1-3H3. The second-order valence-corrected chi connectivity index (χ2v) is 7.35. The maximum absolute atomic E-state index is 10.8. The number of hydrogen-bond donors (Lipinski definition) is 2. The first-order chi connectivity index (χ1) is 13.0. The first-order valence-electron chi connectivity index (χ1n) is 9.16. The molecular weight excluding hydrogens is 336 g/mol. The van der Waals surface area contributed by atoms with Gasteiger partial charge in [-0.05, 0) is 25.0 Å². The van der Waals surface area contributed by atoms with Gasteiger partial charge in [-0.3, -0.25) is 0 Å². The van der Waals surface area contributed by atoms with E-state index in [1.807, 2.05) is 62.4 Å². The van der Waals surface area contributed by atoms with Crippen LogP contribution in [0.25, 0.3) is 21.5 Å². The first-order valence-corrected chi connectivity index (χ1v) is 9.16. The van der Waals surface area contributed by atoms with Gasteiger partial charge in [-0.1, -0.05) is 55.5 Å². The van der Waals surface area contributed by atoms with E-state index < -0.39 is 0 Å². The van der Waals surface area contributed by atoms with E-state index in [2.05, 4.69) is 6.92 Å². The summed E-state index contributed by atoms with van der Waals surface area (Å²) in [6.07, 6.45) is 0. The van der Waals surface area contributed by atoms with Crippen molar-refractivity contribution in [3.63, 3.8) is 0 Å². The first kappa shape index (κ1) is 16.0. The molecule has 1 aliphatic rings. The molecule has 0 saturated heterocycles. The van der Waals surface area contributed by atoms with Gasteiger partial charge in [-0.15, -0.1) is 0 Å². The molecule has 4 aromatic carbocycles. The van der Waals surface area contributed by atoms with Crippen LogP contribution >= 0.6 is 0 Å². The number of phenols is 2. The highest BCUT2D eigenvalue weighted by molar-refractivity contribution is 6.00. The number of benzene rings is 4. The van der Waals surface area contributed by atoms with Gasteiger partial charge in [0.15, 0.2) is 0 Å². The molecule has 0 spiro atoms. The summed E-state index contributed by atoms with van der Waals surface area (Å²) in [5.41, 5.74) is 3.62. The van der Waals surface area contributed by atoms with Crippen LogP contribution < -0.4 is 4.74 Å². The molecule has 0 aromatic heterocycles. The van der Waals surface area contributed by atoms with Crippen LogP contribution in [0, 0.1) is 13.8 Å². The molecule has 0 saturated carbocycles. The quantitative estimate of drug-likeness (QED) is 0.390. The van der Waals surface area contributed by atoms with Crippen LogP contribution in [0.2, 0.25) is 0 Å². The topological polar surface area (TPSA) is 49.7 Å². The van der Waals surface area contributed by atoms with Gasteiger partial charge in [0, 0.05) is 38.6 Å². The van der Waals surface area contributed by atoms with Crippen LogP contribution in [-0.4, -0.2) is 10.2 Å². The molecule has 5 rings (SSSR count). The van der Waals surface area contributed by atoms with Crippen molar-refractivity contribution in [2.75, 3.05) is 0 Å². The minimum atomic E-state index is -0.00485. The van der Waals surface area contributed by atoms with Crippen molar-refractivity contribution in [1.29, 1.82) is 0 Å². The second kappa shape index (κ2) is 5.40. The molecule has 134 valence electrons. The lowest BCUT2D eigenvalue weighted by Crippen LogP contribution is -2.12. The largest absolute Gasteiger partial charge is 0.507 e. The average molecular weight is 356 g/mol. The fourth-order valence-electron chi connectivity index (χ4n) is 4.57. The van der Waals surface area contributed by atoms with E-state index in [-0.39, 0.29) is 5.92 Å². The third-order valence-corrected chi connectivity index (χ3v) is 5.93. The molecular formula is C24H20O3. The molecule has 1 heterocycles. The third-order valence-electron chi connectivity index (χ3n) is 5.93. The molecule has 4 aromatic rings. The number of rotatable bonds is 0. The summed E-state index contributed by atoms with van der Waals surface area (Å²) in [5.74, 6) is 2.19. The van der Waals surface area contributed by atoms with Crippen LogP contribution in [0.4, 0.5) is 0 Å². The predicted octanol–water partition coefficient (Wildman–Crippen LogP) is 6.28. The smallest absolute Gasteiger partial charge is 0.139 e. The van der Waals surface area contributed by atoms with Gasteiger partial charge in [0.05, 0.1) is 0 Å². The lowest BCUT2D eigenvalue weighted by atomic mass is 9.81. The maximum atomic E-state index is 10.8. The summed E-state index contributed by atoms with van der Waals surface area (Å²) in [6.45, 7) is 5.98. The van der Waals surface area contributed by atoms with Crippen LogP contribution in [0.15, 0.2) is 48.5 Å². The zero-order valence-corrected chi connectivity index (χ0v) is 15.5. The number of aromatic hydroxyl groups is 2. The minimum Gasteiger partial charge on any atom is -0.507 e. The predicted molar refractivity (Wildman–Crippen MR) is 108 cm³/mol. The van der Waals surface area contributed by atoms with Gasteiger partial charge in [-0.2, -0.15) is 0 Å². The summed E-state index contributed by atoms with van der Waals surface area (Å²) in [5, 5.41) is 24.9. The van der Waals surface area contributed by atoms with Crippen molar-refractivity contribution in [1.82, 2.24) is 0 Å². The number of fused-ring (bicyclic) bond motifs is 6. The van der Waals surface area contributed by atoms with Crippen molar-refractivity contribution in [2.45, 2.75) is 26.7 Å². The van der Waals surface area contributed by atoms with Crippen LogP contribution in [0.5, 0.6) is 23.0 Å². The highest BCUT2D eigenvalue weighted by atomic mass is 16.5. The van der Waals surface area contributed by atoms with E-state index in [4.69, 9.17) is 4.74 Å². The number of hydrogen-bond acceptors (Lipinski definition) is 3. The Morgan fingerprint density at radius 2 is 1.04 bits per heavy atom. The normalized spacial score (nSPS) is 13.4. The van der Waals surface area contributed by atoms with E-state index in [1.54, 1.807) is 0 Å². The summed E-state index contributed by atoms with van der Waals surface area (Å²) in [4.78, 5) is 0. The fourth-order valence-corrected chi connectivity index (χ4v) is 4.57. The SMILES string of the molecule is Cc1c2c(c3ccccc3c1O)Oc1c(c(C)c(O)c3ccccc13)C2C. The Kier molecular flexibility index (Phi) is 3.20. The zero-order valence-electron chi connectivity index (χ0n) is 15.5. The molecule has 0 fully saturated rings. The van der Waals surface area contributed by atoms with Crippen LogP contribution in [0.1, 0.15) is 35.1 Å². The van der Waals surface area contributed by atoms with E-state index in [0.29, 0.717) is 11.5 Å². The molecule has 0 radical (unpaired) electrons. The summed E-state index contributed by atoms with van der Waals surface area (Å²) in [6, 6.07) is 15.6. The Hall–Kier alpha value is -3.20. The maximum Gasteiger partial charge on any atom is 0.139 e. The van der Waals surface area contributed by atoms with Gasteiger partial charge in [-0.25, -0.2) is 0 Å². The highest BCUT2D eigenvalue weighted by Crippen LogP contribution is 2.55. The third kappa shape index (κ3) is 1.97. The molecule has 3 nitrogen and oxygen atoms in total. The van der Waals surface area contributed by atoms with Gasteiger partial charge >= 0.3 is 0 Å². The van der Waals surface area contributed by atoms with Crippen molar-refractivity contribution in [2.24, 2.45) is 0 Å². The Labute approximate surface area is 157 Å². The number of ether oxygens (including phenoxy) is 1. The molecule has 0 atom stereocenters. The Balaban J connectivity index is 1.94. The summed E-state index contributed by atoms with van der Waals surface area (Å²) < 4.78 is 6.52. The monoisotopic (exact) mass is 356 g/mol. The molecule has 0 unspecified atom stereocenters. The summed E-state index contributed by atoms with van der Waals surface area (Å²) >= 11 is 0. The van der Waals surface area contributed by atoms with E-state index in [9.17, 15) is 10.2 Å². The average Bonchev–Trinajstić information content (AvgIpc) is 2.69. The van der Waals surface area contributed by atoms with E-state index >= 15 is 0 Å². The fraction of sp³-hybridized carbons (Fsp3) is 0.167. The molecule has 0 aliphatic carbocycles. The summed E-state index contributed by atoms with van der Waals surface area (Å²) in [7, 11) is 0. The number of phenolic OH excluding ortho intramolecular Hbond substituents is 2. The van der Waals surface area contributed by atoms with Crippen molar-refractivity contribution >= 4 is 21.5 Å². The van der Waals surface area contributed by atoms with Gasteiger partial charge in [0.1, 0.15) is 23.0 Å². The van der Waals surface area contributed by atoms with Crippen molar-refractivity contribution < 1.29 is 14.9 Å². The van der Waals surface area contributed by atoms with Crippen molar-refractivity contribution in [3.05, 3.63) is 70.8 Å². The zero-order chi connectivity index (χ0) is 18.9. The van der Waals surface area contributed by atoms with Crippen molar-refractivity contribution in [3.8, 4) is 23.0 Å². The molecule has 1 aliphatic heterocycles. The molecule has 3 heteroatoms. The van der Waals surface area contributed by atoms with E-state index in [0.717, 1.165) is 55.3 Å². The molecule has 0 amide bonds. The highest BCUT2D eigenvalue weighted by Gasteiger charge is 2.33. The van der Waals surface area contributed by atoms with Gasteiger partial charge < -0.3 is 14.9 Å². The molecule has 27 heavy (non-hydrogen) atoms. The Morgan fingerprint density at radius 1 is 0.667 bits per heavy atom. The second-order valence-electron chi connectivity index (χ2n) is 7.35.